The van der Waals surface area contributed by atoms with E-state index in [1.165, 1.54) is 5.56 Å². The summed E-state index contributed by atoms with van der Waals surface area (Å²) in [6.07, 6.45) is 1.80. The van der Waals surface area contributed by atoms with Gasteiger partial charge in [0.15, 0.2) is 0 Å². The fourth-order valence-electron chi connectivity index (χ4n) is 2.37. The summed E-state index contributed by atoms with van der Waals surface area (Å²) in [4.78, 5) is 16.6. The number of carbonyl (C=O) groups excluding carboxylic acids is 1. The highest BCUT2D eigenvalue weighted by atomic mass is 16.1. The zero-order chi connectivity index (χ0) is 16.1. The SMILES string of the molecule is Cc1ccnc(-c2ccc(C(=O)NCc3ccccc3)cc2)c1. The molecule has 0 aliphatic heterocycles. The highest BCUT2D eigenvalue weighted by Gasteiger charge is 2.06. The van der Waals surface area contributed by atoms with Crippen LogP contribution in [0.3, 0.4) is 0 Å². The predicted molar refractivity (Wildman–Crippen MR) is 92.0 cm³/mol. The molecule has 0 spiro atoms. The molecular formula is C20H18N2O. The third-order valence-electron chi connectivity index (χ3n) is 3.65. The number of pyridine rings is 1. The van der Waals surface area contributed by atoms with Crippen LogP contribution in [0.5, 0.6) is 0 Å². The molecule has 1 N–H and O–H groups in total. The Morgan fingerprint density at radius 1 is 1.00 bits per heavy atom. The van der Waals surface area contributed by atoms with Crippen LogP contribution in [0, 0.1) is 6.92 Å². The maximum absolute atomic E-state index is 12.2. The number of aryl methyl sites for hydroxylation is 1. The van der Waals surface area contributed by atoms with E-state index < -0.39 is 0 Å². The standard InChI is InChI=1S/C20H18N2O/c1-15-11-12-21-19(13-15)17-7-9-18(10-8-17)20(23)22-14-16-5-3-2-4-6-16/h2-13H,14H2,1H3,(H,22,23). The molecule has 3 heteroatoms. The molecule has 0 atom stereocenters. The Morgan fingerprint density at radius 3 is 2.43 bits per heavy atom. The minimum atomic E-state index is -0.0717. The van der Waals surface area contributed by atoms with Crippen LogP contribution < -0.4 is 5.32 Å². The fraction of sp³-hybridized carbons (Fsp3) is 0.100. The van der Waals surface area contributed by atoms with Gasteiger partial charge in [0, 0.05) is 23.9 Å². The van der Waals surface area contributed by atoms with Crippen molar-refractivity contribution >= 4 is 5.91 Å². The number of amides is 1. The monoisotopic (exact) mass is 302 g/mol. The molecule has 0 bridgehead atoms. The van der Waals surface area contributed by atoms with Crippen molar-refractivity contribution in [3.63, 3.8) is 0 Å². The number of hydrogen-bond acceptors (Lipinski definition) is 2. The van der Waals surface area contributed by atoms with E-state index in [2.05, 4.69) is 10.3 Å². The molecule has 0 aliphatic carbocycles. The average molecular weight is 302 g/mol. The molecule has 0 saturated carbocycles. The van der Waals surface area contributed by atoms with E-state index >= 15 is 0 Å². The van der Waals surface area contributed by atoms with Crippen LogP contribution in [-0.4, -0.2) is 10.9 Å². The van der Waals surface area contributed by atoms with Crippen LogP contribution in [0.15, 0.2) is 72.9 Å². The molecule has 0 fully saturated rings. The number of rotatable bonds is 4. The topological polar surface area (TPSA) is 42.0 Å². The average Bonchev–Trinajstić information content (AvgIpc) is 2.61. The van der Waals surface area contributed by atoms with Crippen molar-refractivity contribution in [1.82, 2.24) is 10.3 Å². The highest BCUT2D eigenvalue weighted by Crippen LogP contribution is 2.18. The van der Waals surface area contributed by atoms with Crippen LogP contribution in [0.2, 0.25) is 0 Å². The van der Waals surface area contributed by atoms with Crippen LogP contribution in [-0.2, 0) is 6.54 Å². The van der Waals surface area contributed by atoms with E-state index in [1.807, 2.05) is 73.7 Å². The van der Waals surface area contributed by atoms with Gasteiger partial charge in [-0.05, 0) is 42.3 Å². The van der Waals surface area contributed by atoms with Gasteiger partial charge in [-0.3, -0.25) is 9.78 Å². The Hall–Kier alpha value is -2.94. The van der Waals surface area contributed by atoms with Crippen molar-refractivity contribution in [1.29, 1.82) is 0 Å². The van der Waals surface area contributed by atoms with E-state index in [0.29, 0.717) is 12.1 Å². The number of benzene rings is 2. The Morgan fingerprint density at radius 2 is 1.74 bits per heavy atom. The van der Waals surface area contributed by atoms with Crippen LogP contribution in [0.25, 0.3) is 11.3 Å². The maximum atomic E-state index is 12.2. The van der Waals surface area contributed by atoms with Crippen molar-refractivity contribution in [3.05, 3.63) is 89.6 Å². The molecule has 1 heterocycles. The summed E-state index contributed by atoms with van der Waals surface area (Å²) >= 11 is 0. The summed E-state index contributed by atoms with van der Waals surface area (Å²) in [6.45, 7) is 2.57. The summed E-state index contributed by atoms with van der Waals surface area (Å²) in [5, 5.41) is 2.93. The Labute approximate surface area is 136 Å². The lowest BCUT2D eigenvalue weighted by molar-refractivity contribution is 0.0951. The van der Waals surface area contributed by atoms with Gasteiger partial charge < -0.3 is 5.32 Å². The van der Waals surface area contributed by atoms with Gasteiger partial charge in [-0.15, -0.1) is 0 Å². The number of nitrogens with one attached hydrogen (secondary N) is 1. The second-order valence-corrected chi connectivity index (χ2v) is 5.46. The van der Waals surface area contributed by atoms with Gasteiger partial charge >= 0.3 is 0 Å². The first-order chi connectivity index (χ1) is 11.2. The Balaban J connectivity index is 1.68. The molecule has 0 aliphatic rings. The van der Waals surface area contributed by atoms with Crippen molar-refractivity contribution in [2.24, 2.45) is 0 Å². The largest absolute Gasteiger partial charge is 0.348 e. The quantitative estimate of drug-likeness (QED) is 0.792. The molecule has 0 unspecified atom stereocenters. The molecule has 3 nitrogen and oxygen atoms in total. The zero-order valence-electron chi connectivity index (χ0n) is 13.0. The highest BCUT2D eigenvalue weighted by molar-refractivity contribution is 5.94. The minimum Gasteiger partial charge on any atom is -0.348 e. The van der Waals surface area contributed by atoms with E-state index in [4.69, 9.17) is 0 Å². The summed E-state index contributed by atoms with van der Waals surface area (Å²) < 4.78 is 0. The summed E-state index contributed by atoms with van der Waals surface area (Å²) in [5.41, 5.74) is 4.83. The normalized spacial score (nSPS) is 10.3. The summed E-state index contributed by atoms with van der Waals surface area (Å²) in [5.74, 6) is -0.0717. The molecule has 23 heavy (non-hydrogen) atoms. The second-order valence-electron chi connectivity index (χ2n) is 5.46. The van der Waals surface area contributed by atoms with E-state index in [0.717, 1.165) is 16.8 Å². The molecule has 3 aromatic rings. The lowest BCUT2D eigenvalue weighted by Gasteiger charge is -2.07. The van der Waals surface area contributed by atoms with E-state index in [1.54, 1.807) is 6.20 Å². The van der Waals surface area contributed by atoms with Gasteiger partial charge in [-0.1, -0.05) is 42.5 Å². The van der Waals surface area contributed by atoms with Crippen LogP contribution >= 0.6 is 0 Å². The summed E-state index contributed by atoms with van der Waals surface area (Å²) in [7, 11) is 0. The lowest BCUT2D eigenvalue weighted by Crippen LogP contribution is -2.22. The third kappa shape index (κ3) is 3.83. The van der Waals surface area contributed by atoms with Gasteiger partial charge in [0.1, 0.15) is 0 Å². The molecule has 0 saturated heterocycles. The molecule has 114 valence electrons. The first-order valence-electron chi connectivity index (χ1n) is 7.57. The molecular weight excluding hydrogens is 284 g/mol. The number of aromatic nitrogens is 1. The van der Waals surface area contributed by atoms with Gasteiger partial charge in [0.25, 0.3) is 5.91 Å². The van der Waals surface area contributed by atoms with Crippen LogP contribution in [0.1, 0.15) is 21.5 Å². The molecule has 2 aromatic carbocycles. The first-order valence-corrected chi connectivity index (χ1v) is 7.57. The van der Waals surface area contributed by atoms with Gasteiger partial charge in [-0.25, -0.2) is 0 Å². The lowest BCUT2D eigenvalue weighted by atomic mass is 10.1. The first kappa shape index (κ1) is 15.0. The minimum absolute atomic E-state index is 0.0717. The number of carbonyl (C=O) groups is 1. The van der Waals surface area contributed by atoms with Crippen molar-refractivity contribution in [2.45, 2.75) is 13.5 Å². The molecule has 0 radical (unpaired) electrons. The van der Waals surface area contributed by atoms with E-state index in [-0.39, 0.29) is 5.91 Å². The number of nitrogens with zero attached hydrogens (tertiary/aromatic N) is 1. The van der Waals surface area contributed by atoms with Gasteiger partial charge in [0.2, 0.25) is 0 Å². The van der Waals surface area contributed by atoms with Crippen molar-refractivity contribution in [2.75, 3.05) is 0 Å². The predicted octanol–water partition coefficient (Wildman–Crippen LogP) is 3.99. The fourth-order valence-corrected chi connectivity index (χ4v) is 2.37. The molecule has 1 aromatic heterocycles. The smallest absolute Gasteiger partial charge is 0.251 e. The van der Waals surface area contributed by atoms with Gasteiger partial charge in [0.05, 0.1) is 5.69 Å². The van der Waals surface area contributed by atoms with Gasteiger partial charge in [-0.2, -0.15) is 0 Å². The van der Waals surface area contributed by atoms with Crippen molar-refractivity contribution < 1.29 is 4.79 Å². The molecule has 1 amide bonds. The Kier molecular flexibility index (Phi) is 4.48. The second kappa shape index (κ2) is 6.88. The zero-order valence-corrected chi connectivity index (χ0v) is 13.0. The van der Waals surface area contributed by atoms with Crippen LogP contribution in [0.4, 0.5) is 0 Å². The molecule has 3 rings (SSSR count). The Bertz CT molecular complexity index is 795. The number of hydrogen-bond donors (Lipinski definition) is 1. The van der Waals surface area contributed by atoms with E-state index in [9.17, 15) is 4.79 Å². The van der Waals surface area contributed by atoms with Crippen molar-refractivity contribution in [3.8, 4) is 11.3 Å². The summed E-state index contributed by atoms with van der Waals surface area (Å²) in [6, 6.07) is 21.4. The third-order valence-corrected chi connectivity index (χ3v) is 3.65. The maximum Gasteiger partial charge on any atom is 0.251 e.